The third-order valence-corrected chi connectivity index (χ3v) is 1.67. The molecule has 0 radical (unpaired) electrons. The normalized spacial score (nSPS) is 10.0. The Morgan fingerprint density at radius 3 is 2.92 bits per heavy atom. The molecule has 0 bridgehead atoms. The van der Waals surface area contributed by atoms with E-state index in [1.807, 2.05) is 24.3 Å². The van der Waals surface area contributed by atoms with Gasteiger partial charge in [-0.1, -0.05) is 12.1 Å². The molecule has 13 heavy (non-hydrogen) atoms. The van der Waals surface area contributed by atoms with Crippen LogP contribution in [0, 0.1) is 0 Å². The molecule has 1 aromatic rings. The van der Waals surface area contributed by atoms with Crippen LogP contribution in [-0.2, 0) is 11.2 Å². The summed E-state index contributed by atoms with van der Waals surface area (Å²) in [5.74, 6) is 0.827. The van der Waals surface area contributed by atoms with Crippen LogP contribution in [0.2, 0.25) is 0 Å². The Bertz CT molecular complexity index is 250. The molecule has 0 atom stereocenters. The number of rotatable bonds is 5. The van der Waals surface area contributed by atoms with Crippen LogP contribution in [0.4, 0.5) is 0 Å². The van der Waals surface area contributed by atoms with Crippen LogP contribution in [0.5, 0.6) is 5.75 Å². The zero-order valence-electron chi connectivity index (χ0n) is 7.82. The van der Waals surface area contributed by atoms with Crippen molar-refractivity contribution in [1.82, 2.24) is 0 Å². The summed E-state index contributed by atoms with van der Waals surface area (Å²) in [6, 6.07) is 7.87. The third-order valence-electron chi connectivity index (χ3n) is 1.67. The zero-order chi connectivity index (χ0) is 9.52. The van der Waals surface area contributed by atoms with Gasteiger partial charge in [-0.3, -0.25) is 0 Å². The van der Waals surface area contributed by atoms with Gasteiger partial charge >= 0.3 is 0 Å². The van der Waals surface area contributed by atoms with Crippen LogP contribution < -0.4 is 10.5 Å². The average molecular weight is 181 g/mol. The largest absolute Gasteiger partial charge is 0.468 e. The SMILES string of the molecule is COCOc1cccc(CCN)c1. The van der Waals surface area contributed by atoms with E-state index in [2.05, 4.69) is 0 Å². The molecule has 0 spiro atoms. The molecule has 1 aromatic carbocycles. The van der Waals surface area contributed by atoms with E-state index in [4.69, 9.17) is 15.2 Å². The van der Waals surface area contributed by atoms with Crippen LogP contribution in [0.15, 0.2) is 24.3 Å². The zero-order valence-corrected chi connectivity index (χ0v) is 7.82. The number of nitrogens with two attached hydrogens (primary N) is 1. The van der Waals surface area contributed by atoms with Gasteiger partial charge in [0.2, 0.25) is 0 Å². The minimum absolute atomic E-state index is 0.284. The molecular weight excluding hydrogens is 166 g/mol. The standard InChI is InChI=1S/C10H15NO2/c1-12-8-13-10-4-2-3-9(7-10)5-6-11/h2-4,7H,5-6,8,11H2,1H3. The lowest BCUT2D eigenvalue weighted by Gasteiger charge is -2.05. The molecule has 0 fully saturated rings. The van der Waals surface area contributed by atoms with Crippen LogP contribution in [0.1, 0.15) is 5.56 Å². The van der Waals surface area contributed by atoms with Crippen LogP contribution in [0.3, 0.4) is 0 Å². The van der Waals surface area contributed by atoms with Gasteiger partial charge in [0.15, 0.2) is 6.79 Å². The first-order valence-electron chi connectivity index (χ1n) is 4.27. The second-order valence-electron chi connectivity index (χ2n) is 2.74. The van der Waals surface area contributed by atoms with E-state index in [-0.39, 0.29) is 6.79 Å². The van der Waals surface area contributed by atoms with E-state index in [9.17, 15) is 0 Å². The first-order valence-corrected chi connectivity index (χ1v) is 4.27. The van der Waals surface area contributed by atoms with Gasteiger partial charge in [-0.25, -0.2) is 0 Å². The summed E-state index contributed by atoms with van der Waals surface area (Å²) >= 11 is 0. The molecular formula is C10H15NO2. The first kappa shape index (κ1) is 10.0. The molecule has 1 rings (SSSR count). The fourth-order valence-corrected chi connectivity index (χ4v) is 1.08. The van der Waals surface area contributed by atoms with Crippen molar-refractivity contribution in [3.63, 3.8) is 0 Å². The highest BCUT2D eigenvalue weighted by molar-refractivity contribution is 5.28. The summed E-state index contributed by atoms with van der Waals surface area (Å²) in [4.78, 5) is 0. The lowest BCUT2D eigenvalue weighted by atomic mass is 10.1. The number of benzene rings is 1. The van der Waals surface area contributed by atoms with E-state index in [1.54, 1.807) is 7.11 Å². The van der Waals surface area contributed by atoms with Gasteiger partial charge in [-0.05, 0) is 30.7 Å². The van der Waals surface area contributed by atoms with Crippen LogP contribution >= 0.6 is 0 Å². The van der Waals surface area contributed by atoms with Gasteiger partial charge < -0.3 is 15.2 Å². The molecule has 0 saturated heterocycles. The molecule has 0 amide bonds. The van der Waals surface area contributed by atoms with E-state index in [0.29, 0.717) is 6.54 Å². The minimum atomic E-state index is 0.284. The highest BCUT2D eigenvalue weighted by atomic mass is 16.7. The lowest BCUT2D eigenvalue weighted by Crippen LogP contribution is -2.03. The van der Waals surface area contributed by atoms with E-state index in [1.165, 1.54) is 5.56 Å². The van der Waals surface area contributed by atoms with E-state index in [0.717, 1.165) is 12.2 Å². The van der Waals surface area contributed by atoms with E-state index >= 15 is 0 Å². The Kier molecular flexibility index (Phi) is 4.29. The predicted molar refractivity (Wildman–Crippen MR) is 51.7 cm³/mol. The Hall–Kier alpha value is -1.06. The molecule has 0 heterocycles. The minimum Gasteiger partial charge on any atom is -0.468 e. The maximum absolute atomic E-state index is 5.45. The summed E-state index contributed by atoms with van der Waals surface area (Å²) in [7, 11) is 1.60. The average Bonchev–Trinajstić information content (AvgIpc) is 2.16. The van der Waals surface area contributed by atoms with Crippen molar-refractivity contribution < 1.29 is 9.47 Å². The maximum Gasteiger partial charge on any atom is 0.188 e. The van der Waals surface area contributed by atoms with Gasteiger partial charge in [-0.15, -0.1) is 0 Å². The molecule has 2 N–H and O–H groups in total. The molecule has 0 saturated carbocycles. The van der Waals surface area contributed by atoms with Crippen molar-refractivity contribution >= 4 is 0 Å². The van der Waals surface area contributed by atoms with Crippen molar-refractivity contribution in [1.29, 1.82) is 0 Å². The van der Waals surface area contributed by atoms with Gasteiger partial charge in [0.1, 0.15) is 5.75 Å². The van der Waals surface area contributed by atoms with Gasteiger partial charge in [0.05, 0.1) is 0 Å². The fourth-order valence-electron chi connectivity index (χ4n) is 1.08. The van der Waals surface area contributed by atoms with Crippen molar-refractivity contribution in [2.75, 3.05) is 20.4 Å². The maximum atomic E-state index is 5.45. The molecule has 0 aliphatic rings. The number of hydrogen-bond donors (Lipinski definition) is 1. The van der Waals surface area contributed by atoms with Crippen molar-refractivity contribution in [3.05, 3.63) is 29.8 Å². The Balaban J connectivity index is 2.56. The molecule has 0 aromatic heterocycles. The predicted octanol–water partition coefficient (Wildman–Crippen LogP) is 1.17. The number of methoxy groups -OCH3 is 1. The molecule has 72 valence electrons. The molecule has 0 unspecified atom stereocenters. The Morgan fingerprint density at radius 2 is 2.23 bits per heavy atom. The van der Waals surface area contributed by atoms with Crippen LogP contribution in [0.25, 0.3) is 0 Å². The van der Waals surface area contributed by atoms with E-state index < -0.39 is 0 Å². The highest BCUT2D eigenvalue weighted by Gasteiger charge is 1.95. The second-order valence-corrected chi connectivity index (χ2v) is 2.74. The van der Waals surface area contributed by atoms with Crippen LogP contribution in [-0.4, -0.2) is 20.4 Å². The quantitative estimate of drug-likeness (QED) is 0.693. The Morgan fingerprint density at radius 1 is 1.38 bits per heavy atom. The molecule has 3 nitrogen and oxygen atoms in total. The summed E-state index contributed by atoms with van der Waals surface area (Å²) in [5, 5.41) is 0. The van der Waals surface area contributed by atoms with Crippen molar-refractivity contribution in [3.8, 4) is 5.75 Å². The monoisotopic (exact) mass is 181 g/mol. The summed E-state index contributed by atoms with van der Waals surface area (Å²) in [5.41, 5.74) is 6.64. The topological polar surface area (TPSA) is 44.5 Å². The van der Waals surface area contributed by atoms with Gasteiger partial charge in [0.25, 0.3) is 0 Å². The number of ether oxygens (including phenoxy) is 2. The second kappa shape index (κ2) is 5.56. The van der Waals surface area contributed by atoms with Crippen molar-refractivity contribution in [2.45, 2.75) is 6.42 Å². The molecule has 0 aliphatic carbocycles. The lowest BCUT2D eigenvalue weighted by molar-refractivity contribution is 0.0511. The summed E-state index contributed by atoms with van der Waals surface area (Å²) in [6.45, 7) is 0.944. The Labute approximate surface area is 78.5 Å². The first-order chi connectivity index (χ1) is 6.36. The molecule has 0 aliphatic heterocycles. The summed E-state index contributed by atoms with van der Waals surface area (Å²) in [6.07, 6.45) is 0.879. The van der Waals surface area contributed by atoms with Crippen molar-refractivity contribution in [2.24, 2.45) is 5.73 Å². The van der Waals surface area contributed by atoms with Gasteiger partial charge in [0, 0.05) is 7.11 Å². The third kappa shape index (κ3) is 3.44. The molecule has 3 heteroatoms. The fraction of sp³-hybridized carbons (Fsp3) is 0.400. The van der Waals surface area contributed by atoms with Gasteiger partial charge in [-0.2, -0.15) is 0 Å². The number of hydrogen-bond acceptors (Lipinski definition) is 3. The summed E-state index contributed by atoms with van der Waals surface area (Å²) < 4.78 is 10.1. The smallest absolute Gasteiger partial charge is 0.188 e. The highest BCUT2D eigenvalue weighted by Crippen LogP contribution is 2.13.